The van der Waals surface area contributed by atoms with Crippen LogP contribution in [0.3, 0.4) is 0 Å². The van der Waals surface area contributed by atoms with Crippen LogP contribution in [0.4, 0.5) is 0 Å². The summed E-state index contributed by atoms with van der Waals surface area (Å²) in [5.41, 5.74) is 10.7. The van der Waals surface area contributed by atoms with Crippen LogP contribution in [-0.2, 0) is 5.41 Å². The van der Waals surface area contributed by atoms with Crippen LogP contribution in [0, 0.1) is 5.92 Å². The fraction of sp³-hybridized carbons (Fsp3) is 0.0833. The molecular formula is C48H32N2O. The van der Waals surface area contributed by atoms with E-state index in [9.17, 15) is 0 Å². The van der Waals surface area contributed by atoms with E-state index in [4.69, 9.17) is 14.7 Å². The molecule has 0 bridgehead atoms. The number of allylic oxidation sites excluding steroid dienone is 4. The second-order valence-corrected chi connectivity index (χ2v) is 14.1. The third-order valence-corrected chi connectivity index (χ3v) is 11.3. The summed E-state index contributed by atoms with van der Waals surface area (Å²) >= 11 is 0. The zero-order valence-corrected chi connectivity index (χ0v) is 28.1. The highest BCUT2D eigenvalue weighted by atomic mass is 16.5. The first-order valence-corrected chi connectivity index (χ1v) is 17.8. The lowest BCUT2D eigenvalue weighted by atomic mass is 9.64. The van der Waals surface area contributed by atoms with Gasteiger partial charge in [-0.1, -0.05) is 159 Å². The van der Waals surface area contributed by atoms with Crippen molar-refractivity contribution in [2.75, 3.05) is 0 Å². The van der Waals surface area contributed by atoms with Gasteiger partial charge < -0.3 is 4.74 Å². The number of aromatic nitrogens is 2. The topological polar surface area (TPSA) is 35.0 Å². The number of rotatable bonds is 2. The number of ether oxygens (including phenoxy) is 1. The lowest BCUT2D eigenvalue weighted by Crippen LogP contribution is -2.33. The summed E-state index contributed by atoms with van der Waals surface area (Å²) < 4.78 is 7.19. The Balaban J connectivity index is 1.30. The van der Waals surface area contributed by atoms with Crippen LogP contribution in [0.25, 0.3) is 60.5 Å². The van der Waals surface area contributed by atoms with Gasteiger partial charge in [-0.3, -0.25) is 0 Å². The Morgan fingerprint density at radius 1 is 0.569 bits per heavy atom. The van der Waals surface area contributed by atoms with Gasteiger partial charge in [-0.2, -0.15) is 0 Å². The van der Waals surface area contributed by atoms with Crippen LogP contribution in [-0.4, -0.2) is 9.97 Å². The minimum atomic E-state index is -0.684. The molecule has 2 aliphatic carbocycles. The molecule has 0 radical (unpaired) electrons. The summed E-state index contributed by atoms with van der Waals surface area (Å²) in [6.07, 6.45) is 7.62. The average Bonchev–Trinajstić information content (AvgIpc) is 3.48. The summed E-state index contributed by atoms with van der Waals surface area (Å²) in [4.78, 5) is 10.9. The van der Waals surface area contributed by atoms with Gasteiger partial charge in [0, 0.05) is 32.8 Å². The van der Waals surface area contributed by atoms with E-state index in [1.807, 2.05) is 0 Å². The largest absolute Gasteiger partial charge is 0.455 e. The molecule has 1 unspecified atom stereocenters. The van der Waals surface area contributed by atoms with E-state index >= 15 is 0 Å². The molecule has 0 saturated carbocycles. The molecule has 7 aromatic carbocycles. The van der Waals surface area contributed by atoms with Crippen molar-refractivity contribution in [1.29, 1.82) is 0 Å². The van der Waals surface area contributed by atoms with Crippen molar-refractivity contribution >= 4 is 38.0 Å². The zero-order valence-electron chi connectivity index (χ0n) is 28.1. The Morgan fingerprint density at radius 3 is 1.94 bits per heavy atom. The number of hydrogen-bond donors (Lipinski definition) is 0. The fourth-order valence-electron chi connectivity index (χ4n) is 9.11. The predicted octanol–water partition coefficient (Wildman–Crippen LogP) is 12.1. The van der Waals surface area contributed by atoms with Crippen molar-refractivity contribution in [2.24, 2.45) is 5.92 Å². The molecule has 0 saturated heterocycles. The van der Waals surface area contributed by atoms with Crippen LogP contribution in [0.2, 0.25) is 0 Å². The van der Waals surface area contributed by atoms with Crippen molar-refractivity contribution in [3.8, 4) is 34.0 Å². The van der Waals surface area contributed by atoms with Crippen molar-refractivity contribution < 1.29 is 4.74 Å². The van der Waals surface area contributed by atoms with Crippen LogP contribution < -0.4 is 4.74 Å². The Morgan fingerprint density at radius 2 is 1.20 bits per heavy atom. The number of benzene rings is 7. The van der Waals surface area contributed by atoms with E-state index < -0.39 is 5.41 Å². The van der Waals surface area contributed by atoms with E-state index in [2.05, 4.69) is 165 Å². The molecule has 3 aliphatic rings. The van der Waals surface area contributed by atoms with Gasteiger partial charge in [0.2, 0.25) is 0 Å². The molecular weight excluding hydrogens is 621 g/mol. The summed E-state index contributed by atoms with van der Waals surface area (Å²) in [6.45, 7) is 2.27. The maximum Gasteiger partial charge on any atom is 0.160 e. The van der Waals surface area contributed by atoms with Crippen LogP contribution >= 0.6 is 0 Å². The van der Waals surface area contributed by atoms with Gasteiger partial charge in [-0.25, -0.2) is 9.97 Å². The third kappa shape index (κ3) is 3.89. The maximum absolute atomic E-state index is 7.19. The van der Waals surface area contributed by atoms with E-state index in [1.54, 1.807) is 0 Å². The van der Waals surface area contributed by atoms with Crippen LogP contribution in [0.1, 0.15) is 41.3 Å². The highest BCUT2D eigenvalue weighted by molar-refractivity contribution is 6.02. The van der Waals surface area contributed by atoms with Gasteiger partial charge in [-0.15, -0.1) is 0 Å². The third-order valence-electron chi connectivity index (χ3n) is 11.3. The van der Waals surface area contributed by atoms with Crippen molar-refractivity contribution in [3.05, 3.63) is 186 Å². The molecule has 1 aromatic heterocycles. The Labute approximate surface area is 296 Å². The van der Waals surface area contributed by atoms with E-state index in [0.717, 1.165) is 78.6 Å². The Kier molecular flexibility index (Phi) is 5.92. The summed E-state index contributed by atoms with van der Waals surface area (Å²) in [5, 5.41) is 5.60. The van der Waals surface area contributed by atoms with Crippen molar-refractivity contribution in [1.82, 2.24) is 9.97 Å². The molecule has 1 atom stereocenters. The molecule has 3 nitrogen and oxygen atoms in total. The first-order valence-electron chi connectivity index (χ1n) is 17.8. The van der Waals surface area contributed by atoms with Crippen LogP contribution in [0.15, 0.2) is 158 Å². The van der Waals surface area contributed by atoms with Crippen LogP contribution in [0.5, 0.6) is 11.5 Å². The average molecular weight is 653 g/mol. The van der Waals surface area contributed by atoms with Crippen molar-refractivity contribution in [3.63, 3.8) is 0 Å². The highest BCUT2D eigenvalue weighted by Crippen LogP contribution is 2.65. The summed E-state index contributed by atoms with van der Waals surface area (Å²) in [5.74, 6) is 3.00. The second-order valence-electron chi connectivity index (χ2n) is 14.1. The molecule has 51 heavy (non-hydrogen) atoms. The van der Waals surface area contributed by atoms with Gasteiger partial charge >= 0.3 is 0 Å². The minimum Gasteiger partial charge on any atom is -0.455 e. The summed E-state index contributed by atoms with van der Waals surface area (Å²) in [7, 11) is 0. The molecule has 2 heterocycles. The van der Waals surface area contributed by atoms with E-state index in [1.165, 1.54) is 27.8 Å². The number of nitrogens with zero attached hydrogens (tertiary/aromatic N) is 2. The SMILES string of the molecule is CC1C=CC=C(c2nc(-c3cccc4c3C3(c5ccccc5-4)c4ccc5ccccc5c4Oc4c3ccc3ccccc43)nc3ccccc23)C1. The Bertz CT molecular complexity index is 2760. The highest BCUT2D eigenvalue weighted by Gasteiger charge is 2.53. The summed E-state index contributed by atoms with van der Waals surface area (Å²) in [6, 6.07) is 50.3. The van der Waals surface area contributed by atoms with E-state index in [0.29, 0.717) is 5.92 Å². The van der Waals surface area contributed by atoms with E-state index in [-0.39, 0.29) is 0 Å². The zero-order chi connectivity index (χ0) is 33.7. The number of fused-ring (bicyclic) bond motifs is 14. The maximum atomic E-state index is 7.19. The number of para-hydroxylation sites is 1. The van der Waals surface area contributed by atoms with Gasteiger partial charge in [0.05, 0.1) is 16.6 Å². The lowest BCUT2D eigenvalue weighted by molar-refractivity contribution is 0.447. The monoisotopic (exact) mass is 652 g/mol. The second kappa shape index (κ2) is 10.6. The predicted molar refractivity (Wildman–Crippen MR) is 208 cm³/mol. The van der Waals surface area contributed by atoms with Crippen molar-refractivity contribution in [2.45, 2.75) is 18.8 Å². The smallest absolute Gasteiger partial charge is 0.160 e. The lowest BCUT2D eigenvalue weighted by Gasteiger charge is -2.41. The molecule has 240 valence electrons. The molecule has 3 heteroatoms. The van der Waals surface area contributed by atoms with Gasteiger partial charge in [-0.05, 0) is 57.0 Å². The molecule has 8 aromatic rings. The first-order chi connectivity index (χ1) is 25.2. The molecule has 0 amide bonds. The first kappa shape index (κ1) is 28.5. The molecule has 0 fully saturated rings. The Hall–Kier alpha value is -6.32. The minimum absolute atomic E-state index is 0.445. The van der Waals surface area contributed by atoms with Gasteiger partial charge in [0.1, 0.15) is 11.5 Å². The molecule has 0 N–H and O–H groups in total. The molecule has 1 spiro atoms. The standard InChI is InChI=1S/C48H32N2O/c1-29-12-10-15-32(28-29)44-37-19-7-9-23-42(37)49-47(50-44)38-21-11-20-36-35-18-6-8-22-39(35)48(43(36)38)40-26-24-30-13-2-4-16-33(30)45(40)51-46-34-17-5-3-14-31(34)25-27-41(46)48/h2-27,29H,28H2,1H3. The number of hydrogen-bond acceptors (Lipinski definition) is 3. The normalized spacial score (nSPS) is 16.4. The quantitative estimate of drug-likeness (QED) is 0.186. The molecule has 11 rings (SSSR count). The van der Waals surface area contributed by atoms with Gasteiger partial charge in [0.25, 0.3) is 0 Å². The van der Waals surface area contributed by atoms with Gasteiger partial charge in [0.15, 0.2) is 5.82 Å². The fourth-order valence-corrected chi connectivity index (χ4v) is 9.11. The molecule has 1 aliphatic heterocycles.